The van der Waals surface area contributed by atoms with E-state index in [1.54, 1.807) is 57.2 Å². The van der Waals surface area contributed by atoms with E-state index in [-0.39, 0.29) is 16.3 Å². The van der Waals surface area contributed by atoms with Crippen LogP contribution in [0.4, 0.5) is 4.79 Å². The second-order valence-electron chi connectivity index (χ2n) is 10.2. The lowest BCUT2D eigenvalue weighted by atomic mass is 10.0. The largest absolute Gasteiger partial charge is 0.507 e. The van der Waals surface area contributed by atoms with Gasteiger partial charge in [-0.3, -0.25) is 0 Å². The van der Waals surface area contributed by atoms with Gasteiger partial charge in [0.05, 0.1) is 22.4 Å². The Labute approximate surface area is 228 Å². The number of aliphatic hydroxyl groups is 1. The standard InChI is InChI=1S/C29H33NO8S/c1-19(30(28(35)38-29(2,3)4)18-26(32)21-8-6-5-7-9-21)16-20-10-12-22(13-11-20)39(36,37)23-14-15-25(31)24(17-23)27(33)34/h5-15,17,19,26,31-32H,16,18H2,1-4H3,(H,33,34)/t19-,26-/m1/s1. The summed E-state index contributed by atoms with van der Waals surface area (Å²) in [6.45, 7) is 7.09. The first-order valence-electron chi connectivity index (χ1n) is 12.3. The van der Waals surface area contributed by atoms with E-state index >= 15 is 0 Å². The van der Waals surface area contributed by atoms with Crippen LogP contribution in [0.3, 0.4) is 0 Å². The number of rotatable bonds is 9. The van der Waals surface area contributed by atoms with Crippen LogP contribution < -0.4 is 0 Å². The molecule has 39 heavy (non-hydrogen) atoms. The number of carboxylic acids is 1. The number of aromatic hydroxyl groups is 1. The highest BCUT2D eigenvalue weighted by atomic mass is 32.2. The van der Waals surface area contributed by atoms with Crippen LogP contribution in [-0.4, -0.2) is 58.9 Å². The lowest BCUT2D eigenvalue weighted by Crippen LogP contribution is -2.45. The van der Waals surface area contributed by atoms with E-state index in [4.69, 9.17) is 4.74 Å². The fraction of sp³-hybridized carbons (Fsp3) is 0.310. The number of phenols is 1. The molecule has 0 heterocycles. The number of nitrogens with zero attached hydrogens (tertiary/aromatic N) is 1. The second-order valence-corrected chi connectivity index (χ2v) is 12.2. The molecule has 10 heteroatoms. The first-order valence-corrected chi connectivity index (χ1v) is 13.8. The third-order valence-electron chi connectivity index (χ3n) is 5.99. The maximum Gasteiger partial charge on any atom is 0.410 e. The molecule has 0 radical (unpaired) electrons. The average Bonchev–Trinajstić information content (AvgIpc) is 2.86. The van der Waals surface area contributed by atoms with Crippen LogP contribution >= 0.6 is 0 Å². The van der Waals surface area contributed by atoms with E-state index in [9.17, 15) is 33.3 Å². The highest BCUT2D eigenvalue weighted by Gasteiger charge is 2.29. The van der Waals surface area contributed by atoms with Crippen LogP contribution in [0.15, 0.2) is 82.6 Å². The molecule has 0 bridgehead atoms. The molecule has 0 saturated carbocycles. The smallest absolute Gasteiger partial charge is 0.410 e. The molecule has 9 nitrogen and oxygen atoms in total. The van der Waals surface area contributed by atoms with Gasteiger partial charge in [-0.1, -0.05) is 42.5 Å². The zero-order chi connectivity index (χ0) is 29.0. The molecule has 3 N–H and O–H groups in total. The van der Waals surface area contributed by atoms with Crippen LogP contribution in [0.1, 0.15) is 55.3 Å². The molecule has 3 aromatic carbocycles. The maximum atomic E-state index is 13.1. The summed E-state index contributed by atoms with van der Waals surface area (Å²) in [5.74, 6) is -1.97. The number of amides is 1. The van der Waals surface area contributed by atoms with Crippen LogP contribution in [0.2, 0.25) is 0 Å². The SMILES string of the molecule is C[C@H](Cc1ccc(S(=O)(=O)c2ccc(O)c(C(=O)O)c2)cc1)N(C[C@@H](O)c1ccccc1)C(=O)OC(C)(C)C. The number of benzene rings is 3. The van der Waals surface area contributed by atoms with Crippen molar-refractivity contribution in [2.24, 2.45) is 0 Å². The average molecular weight is 556 g/mol. The predicted octanol–water partition coefficient (Wildman–Crippen LogP) is 4.82. The third-order valence-corrected chi connectivity index (χ3v) is 7.75. The number of aromatic carboxylic acids is 1. The molecule has 0 saturated heterocycles. The molecular formula is C29H33NO8S. The van der Waals surface area contributed by atoms with Crippen LogP contribution in [0.25, 0.3) is 0 Å². The molecular weight excluding hydrogens is 522 g/mol. The Kier molecular flexibility index (Phi) is 9.03. The van der Waals surface area contributed by atoms with Gasteiger partial charge in [-0.25, -0.2) is 18.0 Å². The van der Waals surface area contributed by atoms with Gasteiger partial charge >= 0.3 is 12.1 Å². The first-order chi connectivity index (χ1) is 18.2. The number of ether oxygens (including phenoxy) is 1. The third kappa shape index (κ3) is 7.58. The van der Waals surface area contributed by atoms with Gasteiger partial charge in [0.25, 0.3) is 0 Å². The first kappa shape index (κ1) is 29.7. The highest BCUT2D eigenvalue weighted by molar-refractivity contribution is 7.91. The fourth-order valence-electron chi connectivity index (χ4n) is 3.97. The van der Waals surface area contributed by atoms with Crippen molar-refractivity contribution in [1.29, 1.82) is 0 Å². The molecule has 0 aliphatic heterocycles. The van der Waals surface area contributed by atoms with E-state index < -0.39 is 51.0 Å². The quantitative estimate of drug-likeness (QED) is 0.341. The van der Waals surface area contributed by atoms with Gasteiger partial charge in [-0.2, -0.15) is 0 Å². The van der Waals surface area contributed by atoms with Crippen LogP contribution in [0, 0.1) is 0 Å². The zero-order valence-electron chi connectivity index (χ0n) is 22.2. The minimum Gasteiger partial charge on any atom is -0.507 e. The molecule has 0 aliphatic rings. The van der Waals surface area contributed by atoms with Crippen molar-refractivity contribution in [3.05, 3.63) is 89.5 Å². The second kappa shape index (κ2) is 11.9. The molecule has 0 spiro atoms. The Morgan fingerprint density at radius 2 is 1.54 bits per heavy atom. The molecule has 1 amide bonds. The van der Waals surface area contributed by atoms with Gasteiger partial charge in [-0.15, -0.1) is 0 Å². The van der Waals surface area contributed by atoms with E-state index in [0.717, 1.165) is 23.8 Å². The predicted molar refractivity (Wildman–Crippen MR) is 144 cm³/mol. The molecule has 2 atom stereocenters. The lowest BCUT2D eigenvalue weighted by molar-refractivity contribution is 0.00546. The van der Waals surface area contributed by atoms with Gasteiger partial charge in [0.15, 0.2) is 0 Å². The number of carbonyl (C=O) groups is 2. The Morgan fingerprint density at radius 1 is 0.949 bits per heavy atom. The van der Waals surface area contributed by atoms with Gasteiger partial charge in [0.1, 0.15) is 16.9 Å². The molecule has 3 aromatic rings. The summed E-state index contributed by atoms with van der Waals surface area (Å²) in [4.78, 5) is 25.5. The Morgan fingerprint density at radius 3 is 2.10 bits per heavy atom. The van der Waals surface area contributed by atoms with Crippen LogP contribution in [0.5, 0.6) is 5.75 Å². The number of sulfone groups is 1. The maximum absolute atomic E-state index is 13.1. The monoisotopic (exact) mass is 555 g/mol. The van der Waals surface area contributed by atoms with Gasteiger partial charge in [-0.05, 0) is 75.6 Å². The van der Waals surface area contributed by atoms with E-state index in [2.05, 4.69) is 0 Å². The molecule has 0 unspecified atom stereocenters. The summed E-state index contributed by atoms with van der Waals surface area (Å²) in [6, 6.07) is 17.7. The topological polar surface area (TPSA) is 141 Å². The molecule has 0 fully saturated rings. The zero-order valence-corrected chi connectivity index (χ0v) is 23.1. The van der Waals surface area contributed by atoms with Gasteiger partial charge < -0.3 is 25.0 Å². The van der Waals surface area contributed by atoms with Crippen molar-refractivity contribution in [3.63, 3.8) is 0 Å². The van der Waals surface area contributed by atoms with Gasteiger partial charge in [0, 0.05) is 6.04 Å². The number of carbonyl (C=O) groups excluding carboxylic acids is 1. The summed E-state index contributed by atoms with van der Waals surface area (Å²) >= 11 is 0. The lowest BCUT2D eigenvalue weighted by Gasteiger charge is -2.33. The van der Waals surface area contributed by atoms with Gasteiger partial charge in [0.2, 0.25) is 9.84 Å². The summed E-state index contributed by atoms with van der Waals surface area (Å²) in [6.07, 6.45) is -1.16. The Balaban J connectivity index is 1.82. The fourth-order valence-corrected chi connectivity index (χ4v) is 5.25. The summed E-state index contributed by atoms with van der Waals surface area (Å²) < 4.78 is 31.7. The van der Waals surface area contributed by atoms with E-state index in [1.807, 2.05) is 13.0 Å². The van der Waals surface area contributed by atoms with Crippen molar-refractivity contribution in [2.75, 3.05) is 6.54 Å². The van der Waals surface area contributed by atoms with Crippen molar-refractivity contribution in [1.82, 2.24) is 4.90 Å². The molecule has 208 valence electrons. The Hall–Kier alpha value is -3.89. The summed E-state index contributed by atoms with van der Waals surface area (Å²) in [7, 11) is -4.05. The normalized spacial score (nSPS) is 13.4. The van der Waals surface area contributed by atoms with E-state index in [0.29, 0.717) is 12.0 Å². The summed E-state index contributed by atoms with van der Waals surface area (Å²) in [5, 5.41) is 29.7. The van der Waals surface area contributed by atoms with Crippen molar-refractivity contribution < 1.29 is 38.1 Å². The summed E-state index contributed by atoms with van der Waals surface area (Å²) in [5.41, 5.74) is 0.146. The minimum atomic E-state index is -4.05. The van der Waals surface area contributed by atoms with E-state index in [1.165, 1.54) is 17.0 Å². The minimum absolute atomic E-state index is 0.000675. The van der Waals surface area contributed by atoms with Crippen molar-refractivity contribution in [3.8, 4) is 5.75 Å². The number of hydrogen-bond donors (Lipinski definition) is 3. The highest BCUT2D eigenvalue weighted by Crippen LogP contribution is 2.27. The molecule has 0 aromatic heterocycles. The van der Waals surface area contributed by atoms with Crippen LogP contribution in [-0.2, 0) is 21.0 Å². The van der Waals surface area contributed by atoms with Crippen molar-refractivity contribution >= 4 is 21.9 Å². The molecule has 3 rings (SSSR count). The number of carboxylic acid groups (broad SMARTS) is 1. The van der Waals surface area contributed by atoms with Crippen molar-refractivity contribution in [2.45, 2.75) is 61.7 Å². The number of hydrogen-bond acceptors (Lipinski definition) is 7. The molecule has 0 aliphatic carbocycles. The number of aliphatic hydroxyl groups excluding tert-OH is 1. The Bertz CT molecular complexity index is 1410.